The zero-order chi connectivity index (χ0) is 24.9. The average molecular weight is 472 g/mol. The summed E-state index contributed by atoms with van der Waals surface area (Å²) in [6, 6.07) is 20.3. The van der Waals surface area contributed by atoms with Gasteiger partial charge in [-0.15, -0.1) is 0 Å². The molecule has 0 fully saturated rings. The molecule has 1 aromatic heterocycles. The van der Waals surface area contributed by atoms with Gasteiger partial charge in [0.05, 0.1) is 28.2 Å². The van der Waals surface area contributed by atoms with Crippen LogP contribution in [0.5, 0.6) is 0 Å². The molecule has 5 nitrogen and oxygen atoms in total. The van der Waals surface area contributed by atoms with Crippen LogP contribution in [0.3, 0.4) is 0 Å². The molecule has 35 heavy (non-hydrogen) atoms. The van der Waals surface area contributed by atoms with Crippen LogP contribution in [0.1, 0.15) is 60.9 Å². The number of hydrogen-bond donors (Lipinski definition) is 0. The predicted octanol–water partition coefficient (Wildman–Crippen LogP) is 6.23. The van der Waals surface area contributed by atoms with Gasteiger partial charge in [-0.25, -0.2) is 9.37 Å². The number of fused-ring (bicyclic) bond motifs is 1. The lowest BCUT2D eigenvalue weighted by atomic mass is 10.1. The summed E-state index contributed by atoms with van der Waals surface area (Å²) in [5.41, 5.74) is 2.12. The number of para-hydroxylation sites is 1. The van der Waals surface area contributed by atoms with Gasteiger partial charge in [-0.05, 0) is 56.7 Å². The van der Waals surface area contributed by atoms with Crippen LogP contribution in [0.25, 0.3) is 16.6 Å². The van der Waals surface area contributed by atoms with Crippen LogP contribution >= 0.6 is 0 Å². The van der Waals surface area contributed by atoms with Gasteiger partial charge in [0.2, 0.25) is 0 Å². The Labute approximate surface area is 204 Å². The van der Waals surface area contributed by atoms with Crippen LogP contribution in [0.15, 0.2) is 77.6 Å². The number of benzene rings is 3. The molecule has 4 aromatic rings. The minimum absolute atomic E-state index is 0.0147. The highest BCUT2D eigenvalue weighted by Gasteiger charge is 2.28. The average Bonchev–Trinajstić information content (AvgIpc) is 2.87. The van der Waals surface area contributed by atoms with E-state index in [1.807, 2.05) is 50.2 Å². The topological polar surface area (TPSA) is 55.2 Å². The SMILES string of the molecule is CCCCCN(C(=O)c1ccccc1F)C(C)c1nc2ccccc2c(=O)n1-c1ccc(C)cc1. The molecule has 1 heterocycles. The Morgan fingerprint density at radius 3 is 2.40 bits per heavy atom. The molecule has 0 radical (unpaired) electrons. The molecule has 4 rings (SSSR count). The van der Waals surface area contributed by atoms with Crippen molar-refractivity contribution in [3.8, 4) is 5.69 Å². The van der Waals surface area contributed by atoms with Gasteiger partial charge in [0.25, 0.3) is 11.5 Å². The molecule has 0 N–H and O–H groups in total. The second kappa shape index (κ2) is 10.6. The second-order valence-electron chi connectivity index (χ2n) is 8.82. The summed E-state index contributed by atoms with van der Waals surface area (Å²) < 4.78 is 16.2. The van der Waals surface area contributed by atoms with E-state index in [1.165, 1.54) is 12.1 Å². The van der Waals surface area contributed by atoms with E-state index in [9.17, 15) is 14.0 Å². The fourth-order valence-electron chi connectivity index (χ4n) is 4.31. The predicted molar refractivity (Wildman–Crippen MR) is 137 cm³/mol. The Morgan fingerprint density at radius 1 is 1.00 bits per heavy atom. The van der Waals surface area contributed by atoms with E-state index < -0.39 is 17.8 Å². The molecule has 0 aliphatic rings. The zero-order valence-corrected chi connectivity index (χ0v) is 20.4. The molecule has 1 unspecified atom stereocenters. The van der Waals surface area contributed by atoms with Crippen LogP contribution < -0.4 is 5.56 Å². The lowest BCUT2D eigenvalue weighted by molar-refractivity contribution is 0.0672. The van der Waals surface area contributed by atoms with E-state index in [1.54, 1.807) is 33.7 Å². The molecule has 0 bridgehead atoms. The van der Waals surface area contributed by atoms with Gasteiger partial charge in [0, 0.05) is 6.54 Å². The van der Waals surface area contributed by atoms with Gasteiger partial charge in [-0.1, -0.05) is 61.7 Å². The minimum atomic E-state index is -0.572. The highest BCUT2D eigenvalue weighted by atomic mass is 19.1. The largest absolute Gasteiger partial charge is 0.329 e. The van der Waals surface area contributed by atoms with Crippen LogP contribution in [-0.2, 0) is 0 Å². The Morgan fingerprint density at radius 2 is 1.69 bits per heavy atom. The summed E-state index contributed by atoms with van der Waals surface area (Å²) in [7, 11) is 0. The number of hydrogen-bond acceptors (Lipinski definition) is 3. The van der Waals surface area contributed by atoms with Crippen LogP contribution in [0.2, 0.25) is 0 Å². The van der Waals surface area contributed by atoms with Crippen LogP contribution in [0.4, 0.5) is 4.39 Å². The smallest absolute Gasteiger partial charge is 0.266 e. The van der Waals surface area contributed by atoms with Gasteiger partial charge in [-0.2, -0.15) is 0 Å². The number of carbonyl (C=O) groups is 1. The van der Waals surface area contributed by atoms with Crippen molar-refractivity contribution >= 4 is 16.8 Å². The van der Waals surface area contributed by atoms with Gasteiger partial charge in [-0.3, -0.25) is 14.2 Å². The van der Waals surface area contributed by atoms with Crippen molar-refractivity contribution in [3.63, 3.8) is 0 Å². The van der Waals surface area contributed by atoms with Crippen molar-refractivity contribution in [2.45, 2.75) is 46.1 Å². The van der Waals surface area contributed by atoms with E-state index in [4.69, 9.17) is 4.98 Å². The first kappa shape index (κ1) is 24.3. The van der Waals surface area contributed by atoms with E-state index in [0.717, 1.165) is 24.8 Å². The summed E-state index contributed by atoms with van der Waals surface area (Å²) in [5, 5.41) is 0.502. The van der Waals surface area contributed by atoms with Gasteiger partial charge in [0.15, 0.2) is 0 Å². The van der Waals surface area contributed by atoms with Crippen molar-refractivity contribution in [1.82, 2.24) is 14.5 Å². The second-order valence-corrected chi connectivity index (χ2v) is 8.82. The maximum Gasteiger partial charge on any atom is 0.266 e. The summed E-state index contributed by atoms with van der Waals surface area (Å²) >= 11 is 0. The first-order valence-electron chi connectivity index (χ1n) is 12.1. The van der Waals surface area contributed by atoms with Gasteiger partial charge in [0.1, 0.15) is 11.6 Å². The Balaban J connectivity index is 1.89. The number of aryl methyl sites for hydroxylation is 1. The van der Waals surface area contributed by atoms with E-state index in [0.29, 0.717) is 29.0 Å². The summed E-state index contributed by atoms with van der Waals surface area (Å²) in [6.45, 7) is 6.36. The highest BCUT2D eigenvalue weighted by molar-refractivity contribution is 5.94. The number of nitrogens with zero attached hydrogens (tertiary/aromatic N) is 3. The lowest BCUT2D eigenvalue weighted by Crippen LogP contribution is -2.38. The molecule has 0 aliphatic carbocycles. The quantitative estimate of drug-likeness (QED) is 0.286. The highest BCUT2D eigenvalue weighted by Crippen LogP contribution is 2.26. The maximum atomic E-state index is 14.6. The molecule has 0 spiro atoms. The van der Waals surface area contributed by atoms with E-state index in [-0.39, 0.29) is 11.1 Å². The van der Waals surface area contributed by atoms with Crippen molar-refractivity contribution in [3.05, 3.63) is 106 Å². The fraction of sp³-hybridized carbons (Fsp3) is 0.276. The molecule has 0 aliphatic heterocycles. The molecule has 0 saturated heterocycles. The van der Waals surface area contributed by atoms with E-state index in [2.05, 4.69) is 6.92 Å². The number of rotatable bonds is 8. The van der Waals surface area contributed by atoms with Crippen molar-refractivity contribution in [2.24, 2.45) is 0 Å². The molecule has 0 saturated carbocycles. The zero-order valence-electron chi connectivity index (χ0n) is 20.4. The number of aromatic nitrogens is 2. The normalized spacial score (nSPS) is 12.0. The number of carbonyl (C=O) groups excluding carboxylic acids is 1. The Bertz CT molecular complexity index is 1400. The monoisotopic (exact) mass is 471 g/mol. The molecule has 6 heteroatoms. The molecule has 1 amide bonds. The third kappa shape index (κ3) is 5.02. The van der Waals surface area contributed by atoms with Crippen molar-refractivity contribution in [1.29, 1.82) is 0 Å². The van der Waals surface area contributed by atoms with Crippen LogP contribution in [-0.4, -0.2) is 26.9 Å². The molecular formula is C29H30FN3O2. The van der Waals surface area contributed by atoms with Gasteiger partial charge < -0.3 is 4.90 Å². The molecule has 3 aromatic carbocycles. The first-order valence-corrected chi connectivity index (χ1v) is 12.1. The first-order chi connectivity index (χ1) is 16.9. The summed E-state index contributed by atoms with van der Waals surface area (Å²) in [5.74, 6) is -0.532. The molecule has 1 atom stereocenters. The van der Waals surface area contributed by atoms with E-state index >= 15 is 0 Å². The van der Waals surface area contributed by atoms with Crippen molar-refractivity contribution in [2.75, 3.05) is 6.54 Å². The minimum Gasteiger partial charge on any atom is -0.329 e. The van der Waals surface area contributed by atoms with Gasteiger partial charge >= 0.3 is 0 Å². The third-order valence-electron chi connectivity index (χ3n) is 6.30. The van der Waals surface area contributed by atoms with Crippen LogP contribution in [0, 0.1) is 12.7 Å². The Hall–Kier alpha value is -3.80. The number of halogens is 1. The number of amides is 1. The maximum absolute atomic E-state index is 14.6. The Kier molecular flexibility index (Phi) is 7.39. The standard InChI is InChI=1S/C29H30FN3O2/c1-4-5-10-19-32(28(34)23-11-6-8-13-25(23)30)21(3)27-31-26-14-9-7-12-24(26)29(35)33(27)22-17-15-20(2)16-18-22/h6-9,11-18,21H,4-5,10,19H2,1-3H3. The lowest BCUT2D eigenvalue weighted by Gasteiger charge is -2.31. The summed E-state index contributed by atoms with van der Waals surface area (Å²) in [6.07, 6.45) is 2.69. The fourth-order valence-corrected chi connectivity index (χ4v) is 4.31. The van der Waals surface area contributed by atoms with Crippen molar-refractivity contribution < 1.29 is 9.18 Å². The number of unbranched alkanes of at least 4 members (excludes halogenated alkanes) is 2. The summed E-state index contributed by atoms with van der Waals surface area (Å²) in [4.78, 5) is 33.8. The molecular weight excluding hydrogens is 441 g/mol. The third-order valence-corrected chi connectivity index (χ3v) is 6.30. The molecule has 180 valence electrons.